The molecule has 1 aliphatic rings. The Morgan fingerprint density at radius 3 is 1.97 bits per heavy atom. The maximum atomic E-state index is 12.5. The predicted molar refractivity (Wildman–Crippen MR) is 136 cm³/mol. The lowest BCUT2D eigenvalue weighted by atomic mass is 10.1. The number of allylic oxidation sites excluding steroid dienone is 1. The van der Waals surface area contributed by atoms with Gasteiger partial charge in [-0.25, -0.2) is 5.48 Å². The third-order valence-electron chi connectivity index (χ3n) is 5.41. The molecule has 0 radical (unpaired) electrons. The Balaban J connectivity index is 0.00000385. The van der Waals surface area contributed by atoms with Gasteiger partial charge in [-0.2, -0.15) is 0 Å². The van der Waals surface area contributed by atoms with E-state index in [1.165, 1.54) is 6.08 Å². The summed E-state index contributed by atoms with van der Waals surface area (Å²) in [6.45, 7) is 9.82. The molecule has 3 rings (SSSR count). The zero-order valence-corrected chi connectivity index (χ0v) is 19.9. The zero-order valence-electron chi connectivity index (χ0n) is 19.1. The third-order valence-corrected chi connectivity index (χ3v) is 5.41. The summed E-state index contributed by atoms with van der Waals surface area (Å²) in [5.74, 6) is 0.0654. The first kappa shape index (κ1) is 26.3. The average Bonchev–Trinajstić information content (AvgIpc) is 2.82. The Labute approximate surface area is 202 Å². The summed E-state index contributed by atoms with van der Waals surface area (Å²) in [5.41, 5.74) is 5.08. The summed E-state index contributed by atoms with van der Waals surface area (Å²) in [6, 6.07) is 15.2. The summed E-state index contributed by atoms with van der Waals surface area (Å²) in [6.07, 6.45) is 6.18. The highest BCUT2D eigenvalue weighted by atomic mass is 35.5. The van der Waals surface area contributed by atoms with E-state index in [9.17, 15) is 9.59 Å². The normalized spacial score (nSPS) is 14.6. The van der Waals surface area contributed by atoms with Crippen molar-refractivity contribution in [1.29, 1.82) is 0 Å². The number of benzene rings is 2. The van der Waals surface area contributed by atoms with Crippen LogP contribution in [0.3, 0.4) is 0 Å². The van der Waals surface area contributed by atoms with Gasteiger partial charge in [-0.15, -0.1) is 12.4 Å². The van der Waals surface area contributed by atoms with Gasteiger partial charge in [0.25, 0.3) is 5.91 Å². The minimum atomic E-state index is -0.584. The first-order valence-electron chi connectivity index (χ1n) is 11.0. The predicted octanol–water partition coefficient (Wildman–Crippen LogP) is 4.30. The summed E-state index contributed by atoms with van der Waals surface area (Å²) < 4.78 is 0. The summed E-state index contributed by atoms with van der Waals surface area (Å²) >= 11 is 0. The van der Waals surface area contributed by atoms with Crippen molar-refractivity contribution < 1.29 is 14.8 Å². The molecular formula is C26H32ClN3O3. The number of ketones is 1. The molecule has 0 aliphatic carbocycles. The van der Waals surface area contributed by atoms with E-state index in [-0.39, 0.29) is 18.2 Å². The van der Waals surface area contributed by atoms with E-state index in [2.05, 4.69) is 23.6 Å². The average molecular weight is 470 g/mol. The van der Waals surface area contributed by atoms with Crippen LogP contribution in [0.2, 0.25) is 0 Å². The molecule has 7 heteroatoms. The SMILES string of the molecule is CC(C)CN1CCN(c2ccc(C(=O)/C=C/c3ccc(/C=C/C(=O)NO)cc3)cc2)CC1.Cl. The maximum Gasteiger partial charge on any atom is 0.267 e. The number of hydrogen-bond donors (Lipinski definition) is 2. The topological polar surface area (TPSA) is 72.9 Å². The van der Waals surface area contributed by atoms with Crippen LogP contribution in [0.4, 0.5) is 5.69 Å². The van der Waals surface area contributed by atoms with Crippen LogP contribution in [0, 0.1) is 5.92 Å². The Morgan fingerprint density at radius 2 is 1.45 bits per heavy atom. The van der Waals surface area contributed by atoms with E-state index in [0.717, 1.165) is 49.5 Å². The smallest absolute Gasteiger partial charge is 0.267 e. The second-order valence-corrected chi connectivity index (χ2v) is 8.40. The molecule has 0 atom stereocenters. The molecule has 1 amide bonds. The molecular weight excluding hydrogens is 438 g/mol. The lowest BCUT2D eigenvalue weighted by molar-refractivity contribution is -0.124. The van der Waals surface area contributed by atoms with Gasteiger partial charge in [0, 0.05) is 50.1 Å². The third kappa shape index (κ3) is 8.17. The number of nitrogens with zero attached hydrogens (tertiary/aromatic N) is 2. The summed E-state index contributed by atoms with van der Waals surface area (Å²) in [7, 11) is 0. The van der Waals surface area contributed by atoms with Gasteiger partial charge in [0.05, 0.1) is 0 Å². The first-order valence-corrected chi connectivity index (χ1v) is 11.0. The molecule has 176 valence electrons. The monoisotopic (exact) mass is 469 g/mol. The highest BCUT2D eigenvalue weighted by Gasteiger charge is 2.17. The van der Waals surface area contributed by atoms with Crippen molar-refractivity contribution in [3.8, 4) is 0 Å². The van der Waals surface area contributed by atoms with Crippen molar-refractivity contribution in [3.05, 3.63) is 77.4 Å². The molecule has 1 aliphatic heterocycles. The summed E-state index contributed by atoms with van der Waals surface area (Å²) in [5, 5.41) is 8.49. The van der Waals surface area contributed by atoms with Crippen LogP contribution in [0.15, 0.2) is 60.7 Å². The maximum absolute atomic E-state index is 12.5. The highest BCUT2D eigenvalue weighted by Crippen LogP contribution is 2.18. The van der Waals surface area contributed by atoms with Gasteiger partial charge < -0.3 is 4.90 Å². The van der Waals surface area contributed by atoms with Crippen molar-refractivity contribution in [1.82, 2.24) is 10.4 Å². The van der Waals surface area contributed by atoms with Crippen LogP contribution in [0.5, 0.6) is 0 Å². The van der Waals surface area contributed by atoms with Crippen molar-refractivity contribution in [2.24, 2.45) is 5.92 Å². The molecule has 0 bridgehead atoms. The number of amides is 1. The molecule has 2 aromatic rings. The number of carbonyl (C=O) groups is 2. The number of rotatable bonds is 8. The number of carbonyl (C=O) groups excluding carboxylic acids is 2. The van der Waals surface area contributed by atoms with Gasteiger partial charge in [0.15, 0.2) is 5.78 Å². The van der Waals surface area contributed by atoms with Gasteiger partial charge in [-0.05, 0) is 53.5 Å². The fourth-order valence-corrected chi connectivity index (χ4v) is 3.74. The van der Waals surface area contributed by atoms with E-state index in [4.69, 9.17) is 5.21 Å². The highest BCUT2D eigenvalue weighted by molar-refractivity contribution is 6.07. The van der Waals surface area contributed by atoms with Crippen LogP contribution in [-0.4, -0.2) is 54.5 Å². The van der Waals surface area contributed by atoms with Gasteiger partial charge in [0.1, 0.15) is 0 Å². The molecule has 1 heterocycles. The Morgan fingerprint density at radius 1 is 0.909 bits per heavy atom. The molecule has 1 saturated heterocycles. The quantitative estimate of drug-likeness (QED) is 0.261. The Kier molecular flexibility index (Phi) is 10.3. The molecule has 0 unspecified atom stereocenters. The van der Waals surface area contributed by atoms with Gasteiger partial charge in [0.2, 0.25) is 0 Å². The Bertz CT molecular complexity index is 961. The van der Waals surface area contributed by atoms with E-state index in [1.807, 2.05) is 48.5 Å². The lowest BCUT2D eigenvalue weighted by Crippen LogP contribution is -2.47. The number of nitrogens with one attached hydrogen (secondary N) is 1. The first-order chi connectivity index (χ1) is 15.4. The standard InChI is InChI=1S/C26H31N3O3.ClH/c1-20(2)19-28-15-17-29(18-16-28)24-11-9-23(10-12-24)25(30)13-7-21-3-5-22(6-4-21)8-14-26(31)27-32;/h3-14,20,32H,15-19H2,1-2H3,(H,27,31);1H/b13-7+,14-8+;. The number of halogens is 1. The van der Waals surface area contributed by atoms with Gasteiger partial charge in [-0.3, -0.25) is 19.7 Å². The lowest BCUT2D eigenvalue weighted by Gasteiger charge is -2.36. The molecule has 0 spiro atoms. The van der Waals surface area contributed by atoms with E-state index in [1.54, 1.807) is 23.7 Å². The second kappa shape index (κ2) is 12.9. The number of hydroxylamine groups is 1. The largest absolute Gasteiger partial charge is 0.369 e. The van der Waals surface area contributed by atoms with E-state index in [0.29, 0.717) is 11.5 Å². The van der Waals surface area contributed by atoms with Crippen molar-refractivity contribution in [3.63, 3.8) is 0 Å². The molecule has 2 aromatic carbocycles. The van der Waals surface area contributed by atoms with Gasteiger partial charge >= 0.3 is 0 Å². The van der Waals surface area contributed by atoms with E-state index >= 15 is 0 Å². The Hall–Kier alpha value is -2.93. The minimum Gasteiger partial charge on any atom is -0.369 e. The molecule has 6 nitrogen and oxygen atoms in total. The van der Waals surface area contributed by atoms with Crippen LogP contribution in [0.1, 0.15) is 35.3 Å². The molecule has 1 fully saturated rings. The minimum absolute atomic E-state index is 0. The second-order valence-electron chi connectivity index (χ2n) is 8.40. The fourth-order valence-electron chi connectivity index (χ4n) is 3.74. The van der Waals surface area contributed by atoms with Crippen molar-refractivity contribution in [2.45, 2.75) is 13.8 Å². The van der Waals surface area contributed by atoms with Crippen LogP contribution in [0.25, 0.3) is 12.2 Å². The van der Waals surface area contributed by atoms with Gasteiger partial charge in [-0.1, -0.05) is 44.2 Å². The van der Waals surface area contributed by atoms with Crippen LogP contribution < -0.4 is 10.4 Å². The number of piperazine rings is 1. The molecule has 33 heavy (non-hydrogen) atoms. The molecule has 0 aromatic heterocycles. The molecule has 0 saturated carbocycles. The summed E-state index contributed by atoms with van der Waals surface area (Å²) in [4.78, 5) is 28.5. The molecule has 2 N–H and O–H groups in total. The fraction of sp³-hybridized carbons (Fsp3) is 0.308. The van der Waals surface area contributed by atoms with Crippen LogP contribution >= 0.6 is 12.4 Å². The zero-order chi connectivity index (χ0) is 22.9. The van der Waals surface area contributed by atoms with Crippen molar-refractivity contribution in [2.75, 3.05) is 37.6 Å². The van der Waals surface area contributed by atoms with Crippen LogP contribution in [-0.2, 0) is 4.79 Å². The number of anilines is 1. The van der Waals surface area contributed by atoms with E-state index < -0.39 is 5.91 Å². The van der Waals surface area contributed by atoms with Crippen molar-refractivity contribution >= 4 is 41.9 Å². The number of hydrogen-bond acceptors (Lipinski definition) is 5.